The molecule has 0 bridgehead atoms. The summed E-state index contributed by atoms with van der Waals surface area (Å²) in [6.45, 7) is -0.800. The molecule has 0 radical (unpaired) electrons. The largest absolute Gasteiger partial charge is 0.462 e. The van der Waals surface area contributed by atoms with Crippen molar-refractivity contribution in [3.63, 3.8) is 0 Å². The molecule has 0 aliphatic heterocycles. The maximum Gasteiger partial charge on any atom is 0.338 e. The molecule has 0 saturated heterocycles. The molecule has 554 valence electrons. The third-order valence-corrected chi connectivity index (χ3v) is 11.6. The van der Waals surface area contributed by atoms with Crippen molar-refractivity contribution in [2.24, 2.45) is 103 Å². The van der Waals surface area contributed by atoms with Crippen molar-refractivity contribution in [2.45, 2.75) is 180 Å². The van der Waals surface area contributed by atoms with Crippen LogP contribution in [-0.2, 0) is 57.2 Å². The highest BCUT2D eigenvalue weighted by molar-refractivity contribution is 5.78. The summed E-state index contributed by atoms with van der Waals surface area (Å²) in [5.74, 6) is -4.27. The first kappa shape index (κ1) is 99.5. The molecule has 0 rings (SSSR count). The number of aliphatic hydroxyl groups excluding tert-OH is 6. The Hall–Kier alpha value is -8.04. The van der Waals surface area contributed by atoms with Crippen LogP contribution in [0.25, 0.3) is 0 Å². The van der Waals surface area contributed by atoms with Gasteiger partial charge in [-0.2, -0.15) is 0 Å². The lowest BCUT2D eigenvalue weighted by molar-refractivity contribution is -0.460. The second-order valence-corrected chi connectivity index (χ2v) is 19.9. The van der Waals surface area contributed by atoms with Gasteiger partial charge in [-0.15, -0.1) is 0 Å². The first-order chi connectivity index (χ1) is 42.2. The molecule has 0 fully saturated rings. The van der Waals surface area contributed by atoms with Crippen molar-refractivity contribution in [1.29, 1.82) is 0 Å². The number of esters is 6. The fourth-order valence-electron chi connectivity index (χ4n) is 6.62. The molecule has 11 unspecified atom stereocenters. The number of carbonyl (C=O) groups excluding carboxylic acids is 6. The molecule has 0 aromatic carbocycles. The first-order valence-electron chi connectivity index (χ1n) is 28.5. The SMILES string of the molecule is C.C.C.C.NC(N)=[NH+]CCCC(N)C(=O)OCC(O)C(CO)OC(=O)C(N)CCC[NH+]=C(N)N.NC(N)=[NH+]CCCC(N)C(=O)OCC(O)C(OC(=O)C(N)CCC[NH+]=C(N)N)C(O)CO.NC(N)=[NH+]CCCC(N)C(=O)OCC(O)COC(=O)C(N)CCC[NH+]=C(N)N. The fraction of sp³-hybridized carbons (Fsp3) is 0.769. The van der Waals surface area contributed by atoms with Crippen LogP contribution in [0.3, 0.4) is 0 Å². The minimum atomic E-state index is -1.63. The number of aliphatic hydroxyl groups is 6. The lowest BCUT2D eigenvalue weighted by Crippen LogP contribution is -2.78. The van der Waals surface area contributed by atoms with Crippen LogP contribution < -0.4 is 133 Å². The van der Waals surface area contributed by atoms with Crippen molar-refractivity contribution in [3.8, 4) is 0 Å². The topological polar surface area (TPSA) is 831 Å². The van der Waals surface area contributed by atoms with Crippen LogP contribution >= 0.6 is 0 Å². The number of guanidine groups is 6. The van der Waals surface area contributed by atoms with Gasteiger partial charge in [-0.25, -0.2) is 0 Å². The van der Waals surface area contributed by atoms with E-state index in [1.807, 2.05) is 0 Å². The Morgan fingerprint density at radius 2 is 0.532 bits per heavy atom. The van der Waals surface area contributed by atoms with Gasteiger partial charge in [-0.3, -0.25) is 128 Å². The smallest absolute Gasteiger partial charge is 0.338 e. The average molecular weight is 1370 g/mol. The minimum Gasteiger partial charge on any atom is -0.462 e. The van der Waals surface area contributed by atoms with E-state index in [0.29, 0.717) is 97.1 Å². The molecule has 0 aromatic rings. The maximum atomic E-state index is 12.2. The number of hydrogen-bond acceptors (Lipinski definition) is 24. The van der Waals surface area contributed by atoms with Gasteiger partial charge in [0, 0.05) is 0 Å². The zero-order valence-corrected chi connectivity index (χ0v) is 50.9. The van der Waals surface area contributed by atoms with E-state index in [1.165, 1.54) is 0 Å². The molecule has 0 saturated carbocycles. The molecule has 11 atom stereocenters. The number of ether oxygens (including phenoxy) is 6. The van der Waals surface area contributed by atoms with Gasteiger partial charge in [-0.1, -0.05) is 29.7 Å². The Morgan fingerprint density at radius 1 is 0.309 bits per heavy atom. The zero-order valence-electron chi connectivity index (χ0n) is 50.9. The monoisotopic (exact) mass is 1370 g/mol. The first-order valence-corrected chi connectivity index (χ1v) is 28.5. The van der Waals surface area contributed by atoms with Crippen LogP contribution in [0.2, 0.25) is 0 Å². The number of hydrogen-bond donors (Lipinski definition) is 30. The van der Waals surface area contributed by atoms with Gasteiger partial charge in [-0.05, 0) is 77.0 Å². The normalized spacial score (nSPS) is 14.0. The molecule has 0 amide bonds. The van der Waals surface area contributed by atoms with Crippen molar-refractivity contribution in [3.05, 3.63) is 0 Å². The van der Waals surface area contributed by atoms with E-state index in [1.54, 1.807) is 0 Å². The quantitative estimate of drug-likeness (QED) is 0.00885. The molecule has 0 aliphatic rings. The van der Waals surface area contributed by atoms with Crippen molar-refractivity contribution < 1.29 is 118 Å². The summed E-state index contributed by atoms with van der Waals surface area (Å²) in [7, 11) is 0. The van der Waals surface area contributed by atoms with E-state index in [9.17, 15) is 59.4 Å². The summed E-state index contributed by atoms with van der Waals surface area (Å²) in [5, 5.41) is 58.5. The molecule has 48 N–H and O–H groups in total. The number of carbonyl (C=O) groups is 6. The Balaban J connectivity index is -0.000000237. The Labute approximate surface area is 549 Å². The maximum absolute atomic E-state index is 12.2. The third kappa shape index (κ3) is 55.6. The molecule has 42 heteroatoms. The summed E-state index contributed by atoms with van der Waals surface area (Å²) >= 11 is 0. The second-order valence-electron chi connectivity index (χ2n) is 19.9. The van der Waals surface area contributed by atoms with Crippen molar-refractivity contribution >= 4 is 71.6 Å². The van der Waals surface area contributed by atoms with Gasteiger partial charge in [0.05, 0.1) is 52.5 Å². The van der Waals surface area contributed by atoms with E-state index in [2.05, 4.69) is 30.0 Å². The zero-order chi connectivity index (χ0) is 69.3. The predicted octanol–water partition coefficient (Wildman–Crippen LogP) is -22.3. The van der Waals surface area contributed by atoms with E-state index in [0.717, 1.165) is 0 Å². The molecule has 94 heavy (non-hydrogen) atoms. The number of nitrogens with one attached hydrogen (secondary N) is 6. The number of rotatable bonds is 45. The molecule has 0 heterocycles. The van der Waals surface area contributed by atoms with Gasteiger partial charge >= 0.3 is 71.6 Å². The highest BCUT2D eigenvalue weighted by Crippen LogP contribution is 2.11. The Morgan fingerprint density at radius 3 is 0.766 bits per heavy atom. The predicted molar refractivity (Wildman–Crippen MR) is 347 cm³/mol. The molecule has 42 nitrogen and oxygen atoms in total. The van der Waals surface area contributed by atoms with Gasteiger partial charge in [0.2, 0.25) is 0 Å². The molecule has 0 spiro atoms. The van der Waals surface area contributed by atoms with Crippen LogP contribution in [0.5, 0.6) is 0 Å². The van der Waals surface area contributed by atoms with Gasteiger partial charge in [0.25, 0.3) is 0 Å². The van der Waals surface area contributed by atoms with Crippen molar-refractivity contribution in [2.75, 3.05) is 78.9 Å². The highest BCUT2D eigenvalue weighted by atomic mass is 16.6. The lowest BCUT2D eigenvalue weighted by atomic mass is 10.1. The fourth-order valence-corrected chi connectivity index (χ4v) is 6.62. The van der Waals surface area contributed by atoms with Crippen LogP contribution in [0.1, 0.15) is 107 Å². The van der Waals surface area contributed by atoms with Crippen LogP contribution in [0, 0.1) is 0 Å². The second kappa shape index (κ2) is 59.9. The summed E-state index contributed by atoms with van der Waals surface area (Å²) in [6.07, 6.45) is -4.08. The molecular weight excluding hydrogens is 1250 g/mol. The summed E-state index contributed by atoms with van der Waals surface area (Å²) in [6, 6.07) is -5.64. The third-order valence-electron chi connectivity index (χ3n) is 11.6. The average Bonchev–Trinajstić information content (AvgIpc) is 0.967. The Kier molecular flexibility index (Phi) is 63.5. The minimum absolute atomic E-state index is 0. The van der Waals surface area contributed by atoms with E-state index < -0.39 is 135 Å². The highest BCUT2D eigenvalue weighted by Gasteiger charge is 2.34. The van der Waals surface area contributed by atoms with Crippen LogP contribution in [-0.4, -0.2) is 254 Å². The van der Waals surface area contributed by atoms with Gasteiger partial charge in [0.1, 0.15) is 87.1 Å². The van der Waals surface area contributed by atoms with Crippen LogP contribution in [0.4, 0.5) is 0 Å². The molecular formula is C52H124N24O18+6. The lowest BCUT2D eigenvalue weighted by Gasteiger charge is -2.27. The van der Waals surface area contributed by atoms with Crippen LogP contribution in [0.15, 0.2) is 0 Å². The Bertz CT molecular complexity index is 2170. The standard InChI is InChI=1S/C17H36N8O7.C16H34N8O6.C15H32N8O5.4CH4/c18-9(3-1-5-24-16(20)21)14(29)31-8-12(28)13(11(27)7-26)32-15(30)10(19)4-2-6-25-17(22)23;17-9(3-1-5-23-15(19)20)13(27)29-8-11(26)12(7-25)30-14(28)10(18)4-2-6-24-16(21)22;16-10(3-1-5-22-14(18)19)12(25)27-7-9(24)8-28-13(26)11(17)4-2-6-23-15(20)21;;;;/h9-13,26-28H,1-8,18-19H2,(H4,20,21,24)(H4,22,23,25);9-12,25-26H,1-8,17-18H2,(H4,19,20,23)(H4,21,22,24);9-11,24H,1-8,16-17H2,(H4,18,19,22)(H4,20,21,23);4*1H4/p+6. The van der Waals surface area contributed by atoms with E-state index in [-0.39, 0.29) is 97.9 Å². The molecule has 0 aliphatic carbocycles. The van der Waals surface area contributed by atoms with Gasteiger partial charge < -0.3 is 93.5 Å². The van der Waals surface area contributed by atoms with E-state index in [4.69, 9.17) is 132 Å². The molecule has 0 aromatic heterocycles. The van der Waals surface area contributed by atoms with Gasteiger partial charge in [0.15, 0.2) is 12.2 Å². The number of nitrogens with two attached hydrogens (primary N) is 18. The summed E-state index contributed by atoms with van der Waals surface area (Å²) in [5.41, 5.74) is 97.1. The van der Waals surface area contributed by atoms with E-state index >= 15 is 0 Å². The summed E-state index contributed by atoms with van der Waals surface area (Å²) in [4.78, 5) is 87.5. The summed E-state index contributed by atoms with van der Waals surface area (Å²) < 4.78 is 29.7. The van der Waals surface area contributed by atoms with Crippen molar-refractivity contribution in [1.82, 2.24) is 0 Å².